The molecule has 0 atom stereocenters. The molecule has 30 heavy (non-hydrogen) atoms. The van der Waals surface area contributed by atoms with Gasteiger partial charge < -0.3 is 9.64 Å². The Bertz CT molecular complexity index is 1090. The molecule has 0 saturated heterocycles. The maximum absolute atomic E-state index is 12.8. The van der Waals surface area contributed by atoms with Gasteiger partial charge in [-0.25, -0.2) is 4.98 Å². The first-order valence-corrected chi connectivity index (χ1v) is 10.9. The number of hydrogen-bond acceptors (Lipinski definition) is 5. The summed E-state index contributed by atoms with van der Waals surface area (Å²) in [6.45, 7) is 5.04. The van der Waals surface area contributed by atoms with Crippen molar-refractivity contribution in [3.8, 4) is 17.0 Å². The predicted octanol–water partition coefficient (Wildman–Crippen LogP) is 4.76. The number of rotatable bonds is 6. The summed E-state index contributed by atoms with van der Waals surface area (Å²) >= 11 is 1.38. The Hall–Kier alpha value is -3.19. The van der Waals surface area contributed by atoms with E-state index >= 15 is 0 Å². The fourth-order valence-electron chi connectivity index (χ4n) is 3.58. The third-order valence-corrected chi connectivity index (χ3v) is 5.79. The molecular formula is C23H23N3O3S. The number of carbonyl (C=O) groups excluding carboxylic acids is 2. The minimum atomic E-state index is -0.211. The Morgan fingerprint density at radius 3 is 2.83 bits per heavy atom. The van der Waals surface area contributed by atoms with Crippen LogP contribution in [0.4, 0.5) is 10.8 Å². The molecule has 1 N–H and O–H groups in total. The van der Waals surface area contributed by atoms with E-state index in [2.05, 4.69) is 10.3 Å². The van der Waals surface area contributed by atoms with Crippen molar-refractivity contribution in [1.82, 2.24) is 4.98 Å². The molecule has 0 spiro atoms. The molecular weight excluding hydrogens is 398 g/mol. The van der Waals surface area contributed by atoms with Crippen molar-refractivity contribution in [2.24, 2.45) is 0 Å². The number of fused-ring (bicyclic) bond motifs is 1. The number of aromatic nitrogens is 1. The summed E-state index contributed by atoms with van der Waals surface area (Å²) in [6.07, 6.45) is 1.23. The Kier molecular flexibility index (Phi) is 5.81. The molecule has 3 aromatic rings. The first kappa shape index (κ1) is 20.1. The molecule has 0 bridgehead atoms. The van der Waals surface area contributed by atoms with Crippen LogP contribution in [-0.4, -0.2) is 29.9 Å². The van der Waals surface area contributed by atoms with Crippen molar-refractivity contribution in [1.29, 1.82) is 0 Å². The van der Waals surface area contributed by atoms with E-state index in [1.807, 2.05) is 55.6 Å². The Morgan fingerprint density at radius 2 is 2.03 bits per heavy atom. The SMILES string of the molecule is CCOc1ccccc1-c1csc(NC(=O)c2ccc3c(c2)CCN3C(=O)CC)n1. The molecule has 2 heterocycles. The van der Waals surface area contributed by atoms with Crippen LogP contribution in [0.1, 0.15) is 36.2 Å². The Balaban J connectivity index is 1.50. The van der Waals surface area contributed by atoms with Crippen LogP contribution in [-0.2, 0) is 11.2 Å². The van der Waals surface area contributed by atoms with Gasteiger partial charge in [0.05, 0.1) is 12.3 Å². The van der Waals surface area contributed by atoms with Crippen LogP contribution < -0.4 is 15.0 Å². The molecule has 0 saturated carbocycles. The van der Waals surface area contributed by atoms with Gasteiger partial charge in [0.15, 0.2) is 5.13 Å². The summed E-state index contributed by atoms with van der Waals surface area (Å²) in [5.74, 6) is 0.665. The van der Waals surface area contributed by atoms with Gasteiger partial charge in [-0.2, -0.15) is 0 Å². The van der Waals surface area contributed by atoms with E-state index in [9.17, 15) is 9.59 Å². The molecule has 7 heteroatoms. The van der Waals surface area contributed by atoms with Crippen molar-refractivity contribution in [3.63, 3.8) is 0 Å². The number of benzene rings is 2. The second kappa shape index (κ2) is 8.67. The minimum Gasteiger partial charge on any atom is -0.493 e. The third-order valence-electron chi connectivity index (χ3n) is 5.03. The fourth-order valence-corrected chi connectivity index (χ4v) is 4.28. The molecule has 0 radical (unpaired) electrons. The normalized spacial score (nSPS) is 12.5. The van der Waals surface area contributed by atoms with E-state index < -0.39 is 0 Å². The van der Waals surface area contributed by atoms with Crippen LogP contribution in [0.2, 0.25) is 0 Å². The predicted molar refractivity (Wildman–Crippen MR) is 119 cm³/mol. The highest BCUT2D eigenvalue weighted by atomic mass is 32.1. The maximum Gasteiger partial charge on any atom is 0.257 e. The number of anilines is 2. The summed E-state index contributed by atoms with van der Waals surface area (Å²) in [5.41, 5.74) is 4.15. The molecule has 0 fully saturated rings. The van der Waals surface area contributed by atoms with Gasteiger partial charge in [-0.1, -0.05) is 19.1 Å². The lowest BCUT2D eigenvalue weighted by Gasteiger charge is -2.16. The van der Waals surface area contributed by atoms with Gasteiger partial charge in [0.2, 0.25) is 5.91 Å². The molecule has 1 aliphatic heterocycles. The molecule has 154 valence electrons. The average Bonchev–Trinajstić information content (AvgIpc) is 3.40. The highest BCUT2D eigenvalue weighted by Gasteiger charge is 2.24. The number of nitrogens with one attached hydrogen (secondary N) is 1. The molecule has 0 aliphatic carbocycles. The van der Waals surface area contributed by atoms with E-state index in [1.54, 1.807) is 11.0 Å². The Morgan fingerprint density at radius 1 is 1.20 bits per heavy atom. The molecule has 1 aromatic heterocycles. The number of amides is 2. The lowest BCUT2D eigenvalue weighted by molar-refractivity contribution is -0.118. The van der Waals surface area contributed by atoms with E-state index in [-0.39, 0.29) is 11.8 Å². The van der Waals surface area contributed by atoms with Gasteiger partial charge >= 0.3 is 0 Å². The average molecular weight is 422 g/mol. The first-order valence-electron chi connectivity index (χ1n) is 10.0. The monoisotopic (exact) mass is 421 g/mol. The summed E-state index contributed by atoms with van der Waals surface area (Å²) in [6, 6.07) is 13.2. The lowest BCUT2D eigenvalue weighted by Crippen LogP contribution is -2.27. The lowest BCUT2D eigenvalue weighted by atomic mass is 10.1. The molecule has 2 aromatic carbocycles. The van der Waals surface area contributed by atoms with Gasteiger partial charge in [-0.3, -0.25) is 14.9 Å². The zero-order valence-electron chi connectivity index (χ0n) is 17.0. The number of para-hydroxylation sites is 1. The quantitative estimate of drug-likeness (QED) is 0.623. The number of hydrogen-bond donors (Lipinski definition) is 1. The van der Waals surface area contributed by atoms with E-state index in [4.69, 9.17) is 4.74 Å². The van der Waals surface area contributed by atoms with E-state index in [0.29, 0.717) is 30.3 Å². The van der Waals surface area contributed by atoms with Crippen molar-refractivity contribution in [2.45, 2.75) is 26.7 Å². The molecule has 2 amide bonds. The van der Waals surface area contributed by atoms with Crippen LogP contribution in [0.25, 0.3) is 11.3 Å². The van der Waals surface area contributed by atoms with Crippen molar-refractivity contribution < 1.29 is 14.3 Å². The minimum absolute atomic E-state index is 0.105. The third kappa shape index (κ3) is 3.93. The standard InChI is InChI=1S/C23H23N3O3S/c1-3-21(27)26-12-11-15-13-16(9-10-19(15)26)22(28)25-23-24-18(14-30-23)17-7-5-6-8-20(17)29-4-2/h5-10,13-14H,3-4,11-12H2,1-2H3,(H,24,25,28). The van der Waals surface area contributed by atoms with Gasteiger partial charge in [-0.15, -0.1) is 11.3 Å². The zero-order chi connectivity index (χ0) is 21.1. The van der Waals surface area contributed by atoms with Crippen molar-refractivity contribution >= 4 is 34.0 Å². The number of thiazole rings is 1. The summed E-state index contributed by atoms with van der Waals surface area (Å²) in [4.78, 5) is 31.2. The second-order valence-corrected chi connectivity index (χ2v) is 7.77. The summed E-state index contributed by atoms with van der Waals surface area (Å²) < 4.78 is 5.68. The van der Waals surface area contributed by atoms with Crippen LogP contribution in [0.3, 0.4) is 0 Å². The van der Waals surface area contributed by atoms with E-state index in [0.717, 1.165) is 34.7 Å². The fraction of sp³-hybridized carbons (Fsp3) is 0.261. The van der Waals surface area contributed by atoms with Crippen LogP contribution in [0.5, 0.6) is 5.75 Å². The first-order chi connectivity index (χ1) is 14.6. The van der Waals surface area contributed by atoms with Gasteiger partial charge in [-0.05, 0) is 49.2 Å². The van der Waals surface area contributed by atoms with Crippen LogP contribution in [0.15, 0.2) is 47.8 Å². The van der Waals surface area contributed by atoms with Gasteiger partial charge in [0.1, 0.15) is 5.75 Å². The summed E-state index contributed by atoms with van der Waals surface area (Å²) in [7, 11) is 0. The molecule has 1 aliphatic rings. The largest absolute Gasteiger partial charge is 0.493 e. The van der Waals surface area contributed by atoms with Crippen molar-refractivity contribution in [3.05, 3.63) is 59.0 Å². The Labute approximate surface area is 179 Å². The van der Waals surface area contributed by atoms with Crippen LogP contribution >= 0.6 is 11.3 Å². The molecule has 0 unspecified atom stereocenters. The smallest absolute Gasteiger partial charge is 0.257 e. The zero-order valence-corrected chi connectivity index (χ0v) is 17.8. The van der Waals surface area contributed by atoms with Gasteiger partial charge in [0.25, 0.3) is 5.91 Å². The number of carbonyl (C=O) groups is 2. The number of ether oxygens (including phenoxy) is 1. The second-order valence-electron chi connectivity index (χ2n) is 6.91. The topological polar surface area (TPSA) is 71.5 Å². The van der Waals surface area contributed by atoms with Crippen LogP contribution in [0, 0.1) is 0 Å². The molecule has 4 rings (SSSR count). The maximum atomic E-state index is 12.8. The molecule has 6 nitrogen and oxygen atoms in total. The summed E-state index contributed by atoms with van der Waals surface area (Å²) in [5, 5.41) is 5.32. The van der Waals surface area contributed by atoms with Gasteiger partial charge in [0, 0.05) is 35.2 Å². The van der Waals surface area contributed by atoms with Crippen molar-refractivity contribution in [2.75, 3.05) is 23.4 Å². The highest BCUT2D eigenvalue weighted by molar-refractivity contribution is 7.14. The van der Waals surface area contributed by atoms with E-state index in [1.165, 1.54) is 11.3 Å². The number of nitrogens with zero attached hydrogens (tertiary/aromatic N) is 2. The highest BCUT2D eigenvalue weighted by Crippen LogP contribution is 2.33.